The number of fused-ring (bicyclic) bond motifs is 3. The van der Waals surface area contributed by atoms with Gasteiger partial charge in [-0.2, -0.15) is 0 Å². The van der Waals surface area contributed by atoms with Crippen molar-refractivity contribution in [3.05, 3.63) is 26.8 Å². The number of thiazole rings is 1. The van der Waals surface area contributed by atoms with Crippen LogP contribution in [0.2, 0.25) is 0 Å². The minimum Gasteiger partial charge on any atom is -0.383 e. The number of hydrogen-bond donors (Lipinski definition) is 2. The number of primary amides is 1. The Morgan fingerprint density at radius 1 is 1.15 bits per heavy atom. The summed E-state index contributed by atoms with van der Waals surface area (Å²) in [6, 6.07) is 0. The lowest BCUT2D eigenvalue weighted by molar-refractivity contribution is -0.117. The number of aryl methyl sites for hydroxylation is 3. The molecule has 3 heterocycles. The topological polar surface area (TPSA) is 108 Å². The number of nitrogens with zero attached hydrogens (tertiary/aromatic N) is 3. The highest BCUT2D eigenvalue weighted by atomic mass is 32.2. The first-order valence-electron chi connectivity index (χ1n) is 8.95. The Morgan fingerprint density at radius 3 is 2.78 bits per heavy atom. The molecule has 0 aliphatic heterocycles. The second-order valence-electron chi connectivity index (χ2n) is 6.69. The highest BCUT2D eigenvalue weighted by Crippen LogP contribution is 2.38. The molecule has 0 bridgehead atoms. The van der Waals surface area contributed by atoms with Gasteiger partial charge in [-0.25, -0.2) is 15.0 Å². The van der Waals surface area contributed by atoms with E-state index in [1.54, 1.807) is 23.1 Å². The number of nitrogens with two attached hydrogens (primary N) is 2. The van der Waals surface area contributed by atoms with Crippen molar-refractivity contribution in [1.29, 1.82) is 0 Å². The van der Waals surface area contributed by atoms with Crippen molar-refractivity contribution in [3.8, 4) is 0 Å². The van der Waals surface area contributed by atoms with Gasteiger partial charge in [0.2, 0.25) is 5.91 Å². The molecule has 0 radical (unpaired) electrons. The molecule has 4 rings (SSSR count). The lowest BCUT2D eigenvalue weighted by Gasteiger charge is -2.04. The Kier molecular flexibility index (Phi) is 5.34. The number of aromatic nitrogens is 3. The molecule has 9 heteroatoms. The van der Waals surface area contributed by atoms with E-state index < -0.39 is 0 Å². The van der Waals surface area contributed by atoms with Crippen molar-refractivity contribution >= 4 is 56.4 Å². The smallest absolute Gasteiger partial charge is 0.222 e. The van der Waals surface area contributed by atoms with Crippen LogP contribution in [0.3, 0.4) is 0 Å². The molecule has 0 atom stereocenters. The number of rotatable bonds is 5. The van der Waals surface area contributed by atoms with Gasteiger partial charge in [0, 0.05) is 9.75 Å². The van der Waals surface area contributed by atoms with Crippen LogP contribution in [-0.2, 0) is 29.8 Å². The fourth-order valence-electron chi connectivity index (χ4n) is 3.38. The first-order valence-corrected chi connectivity index (χ1v) is 11.6. The average molecular weight is 420 g/mol. The molecule has 0 saturated heterocycles. The highest BCUT2D eigenvalue weighted by Gasteiger charge is 2.19. The summed E-state index contributed by atoms with van der Waals surface area (Å²) < 4.78 is 0.896. The number of anilines is 1. The van der Waals surface area contributed by atoms with Crippen molar-refractivity contribution < 1.29 is 4.79 Å². The number of hydrogen-bond acceptors (Lipinski definition) is 8. The fourth-order valence-corrected chi connectivity index (χ4v) is 6.77. The SMILES string of the molecule is Cc1nc(SCc2nc(N)c3c4c(sc3n2)CCCCC4)sc1CC(N)=O. The van der Waals surface area contributed by atoms with Gasteiger partial charge in [-0.15, -0.1) is 22.7 Å². The number of amides is 1. The second-order valence-corrected chi connectivity index (χ2v) is 10.1. The molecule has 4 N–H and O–H groups in total. The van der Waals surface area contributed by atoms with Crippen LogP contribution in [0.1, 0.15) is 46.1 Å². The lowest BCUT2D eigenvalue weighted by Crippen LogP contribution is -2.13. The molecule has 0 aromatic carbocycles. The summed E-state index contributed by atoms with van der Waals surface area (Å²) in [5.74, 6) is 1.59. The predicted molar refractivity (Wildman–Crippen MR) is 112 cm³/mol. The van der Waals surface area contributed by atoms with Crippen LogP contribution in [0.5, 0.6) is 0 Å². The molecule has 0 saturated carbocycles. The highest BCUT2D eigenvalue weighted by molar-refractivity contribution is 8.00. The van der Waals surface area contributed by atoms with Gasteiger partial charge in [0.1, 0.15) is 16.5 Å². The normalized spacial score (nSPS) is 14.3. The Morgan fingerprint density at radius 2 is 1.96 bits per heavy atom. The maximum Gasteiger partial charge on any atom is 0.222 e. The van der Waals surface area contributed by atoms with Crippen LogP contribution in [0.15, 0.2) is 4.34 Å². The van der Waals surface area contributed by atoms with Crippen molar-refractivity contribution in [2.75, 3.05) is 5.73 Å². The van der Waals surface area contributed by atoms with E-state index in [0.717, 1.165) is 43.8 Å². The Hall–Kier alpha value is -1.71. The molecular weight excluding hydrogens is 398 g/mol. The van der Waals surface area contributed by atoms with E-state index in [-0.39, 0.29) is 12.3 Å². The van der Waals surface area contributed by atoms with E-state index in [2.05, 4.69) is 9.97 Å². The van der Waals surface area contributed by atoms with Crippen molar-refractivity contribution in [2.45, 2.75) is 55.5 Å². The molecule has 3 aromatic rings. The minimum absolute atomic E-state index is 0.236. The summed E-state index contributed by atoms with van der Waals surface area (Å²) in [5, 5.41) is 1.07. The summed E-state index contributed by atoms with van der Waals surface area (Å²) in [7, 11) is 0. The molecule has 27 heavy (non-hydrogen) atoms. The minimum atomic E-state index is -0.336. The van der Waals surface area contributed by atoms with Crippen LogP contribution in [0.25, 0.3) is 10.2 Å². The van der Waals surface area contributed by atoms with Crippen LogP contribution in [0, 0.1) is 6.92 Å². The summed E-state index contributed by atoms with van der Waals surface area (Å²) >= 11 is 4.85. The lowest BCUT2D eigenvalue weighted by atomic mass is 10.1. The van der Waals surface area contributed by atoms with Gasteiger partial charge in [0.15, 0.2) is 4.34 Å². The number of thioether (sulfide) groups is 1. The Labute approximate surface area is 169 Å². The zero-order valence-corrected chi connectivity index (χ0v) is 17.5. The van der Waals surface area contributed by atoms with Crippen molar-refractivity contribution in [2.24, 2.45) is 5.73 Å². The van der Waals surface area contributed by atoms with Gasteiger partial charge in [0.05, 0.1) is 23.3 Å². The monoisotopic (exact) mass is 419 g/mol. The third-order valence-electron chi connectivity index (χ3n) is 4.67. The van der Waals surface area contributed by atoms with E-state index in [9.17, 15) is 4.79 Å². The van der Waals surface area contributed by atoms with Gasteiger partial charge in [-0.3, -0.25) is 4.79 Å². The van der Waals surface area contributed by atoms with E-state index in [4.69, 9.17) is 16.5 Å². The van der Waals surface area contributed by atoms with Gasteiger partial charge in [-0.1, -0.05) is 18.2 Å². The molecular formula is C18H21N5OS3. The van der Waals surface area contributed by atoms with Gasteiger partial charge in [-0.05, 0) is 38.2 Å². The molecule has 6 nitrogen and oxygen atoms in total. The quantitative estimate of drug-likeness (QED) is 0.483. The average Bonchev–Trinajstić information content (AvgIpc) is 3.04. The first-order chi connectivity index (χ1) is 13.0. The van der Waals surface area contributed by atoms with Crippen LogP contribution in [0.4, 0.5) is 5.82 Å². The molecule has 3 aromatic heterocycles. The molecule has 1 aliphatic carbocycles. The standard InChI is InChI=1S/C18H21N5OS3/c1-9-12(7-13(19)24)27-18(21-9)25-8-14-22-16(20)15-10-5-3-2-4-6-11(10)26-17(15)23-14/h2-8H2,1H3,(H2,19,24)(H2,20,22,23). The number of carbonyl (C=O) groups excluding carboxylic acids is 1. The Balaban J connectivity index is 1.55. The molecule has 142 valence electrons. The zero-order valence-electron chi connectivity index (χ0n) is 15.1. The van der Waals surface area contributed by atoms with E-state index >= 15 is 0 Å². The van der Waals surface area contributed by atoms with Crippen molar-refractivity contribution in [3.63, 3.8) is 0 Å². The van der Waals surface area contributed by atoms with Gasteiger partial charge in [0.25, 0.3) is 0 Å². The maximum atomic E-state index is 11.1. The number of nitrogen functional groups attached to an aromatic ring is 1. The van der Waals surface area contributed by atoms with Crippen LogP contribution < -0.4 is 11.5 Å². The van der Waals surface area contributed by atoms with Gasteiger partial charge >= 0.3 is 0 Å². The number of carbonyl (C=O) groups is 1. The molecule has 1 aliphatic rings. The second kappa shape index (κ2) is 7.73. The largest absolute Gasteiger partial charge is 0.383 e. The third-order valence-corrected chi connectivity index (χ3v) is 8.15. The zero-order chi connectivity index (χ0) is 19.0. The molecule has 1 amide bonds. The van der Waals surface area contributed by atoms with Gasteiger partial charge < -0.3 is 11.5 Å². The summed E-state index contributed by atoms with van der Waals surface area (Å²) in [6.45, 7) is 1.90. The summed E-state index contributed by atoms with van der Waals surface area (Å²) in [4.78, 5) is 28.3. The van der Waals surface area contributed by atoms with Crippen molar-refractivity contribution in [1.82, 2.24) is 15.0 Å². The maximum absolute atomic E-state index is 11.1. The van der Waals surface area contributed by atoms with Crippen LogP contribution >= 0.6 is 34.4 Å². The predicted octanol–water partition coefficient (Wildman–Crippen LogP) is 3.63. The molecule has 0 spiro atoms. The van der Waals surface area contributed by atoms with E-state index in [1.165, 1.54) is 41.0 Å². The molecule has 0 unspecified atom stereocenters. The number of thiophene rings is 1. The summed E-state index contributed by atoms with van der Waals surface area (Å²) in [6.07, 6.45) is 6.18. The van der Waals surface area contributed by atoms with Crippen LogP contribution in [-0.4, -0.2) is 20.9 Å². The first kappa shape index (κ1) is 18.6. The molecule has 0 fully saturated rings. The van der Waals surface area contributed by atoms with E-state index in [0.29, 0.717) is 11.6 Å². The summed E-state index contributed by atoms with van der Waals surface area (Å²) in [5.41, 5.74) is 13.8. The fraction of sp³-hybridized carbons (Fsp3) is 0.444. The van der Waals surface area contributed by atoms with E-state index in [1.807, 2.05) is 6.92 Å². The Bertz CT molecular complexity index is 1010. The third kappa shape index (κ3) is 3.95.